The van der Waals surface area contributed by atoms with Crippen molar-refractivity contribution in [2.75, 3.05) is 6.61 Å². The number of carbonyl (C=O) groups excluding carboxylic acids is 3. The van der Waals surface area contributed by atoms with Gasteiger partial charge in [0.05, 0.1) is 0 Å². The number of carbonyl (C=O) groups is 3. The van der Waals surface area contributed by atoms with Crippen molar-refractivity contribution in [1.29, 1.82) is 0 Å². The molecule has 0 heterocycles. The van der Waals surface area contributed by atoms with Gasteiger partial charge in [0.1, 0.15) is 12.4 Å². The highest BCUT2D eigenvalue weighted by Crippen LogP contribution is 2.66. The van der Waals surface area contributed by atoms with Crippen LogP contribution in [-0.2, 0) is 19.1 Å². The van der Waals surface area contributed by atoms with Crippen molar-refractivity contribution < 1.29 is 19.1 Å². The van der Waals surface area contributed by atoms with Gasteiger partial charge in [-0.2, -0.15) is 0 Å². The van der Waals surface area contributed by atoms with Crippen LogP contribution in [0.15, 0.2) is 11.6 Å². The summed E-state index contributed by atoms with van der Waals surface area (Å²) in [4.78, 5) is 35.8. The topological polar surface area (TPSA) is 60.4 Å². The monoisotopic (exact) mass is 372 g/mol. The Bertz CT molecular complexity index is 707. The van der Waals surface area contributed by atoms with Crippen LogP contribution in [0, 0.1) is 34.5 Å². The van der Waals surface area contributed by atoms with E-state index in [1.165, 1.54) is 12.5 Å². The van der Waals surface area contributed by atoms with Gasteiger partial charge in [0.25, 0.3) is 0 Å². The second-order valence-corrected chi connectivity index (χ2v) is 9.90. The van der Waals surface area contributed by atoms with Gasteiger partial charge in [-0.25, -0.2) is 0 Å². The van der Waals surface area contributed by atoms with Crippen molar-refractivity contribution in [2.24, 2.45) is 34.5 Å². The highest BCUT2D eigenvalue weighted by molar-refractivity contribution is 5.85. The number of rotatable bonds is 3. The maximum absolute atomic E-state index is 12.8. The molecule has 0 aromatic carbocycles. The van der Waals surface area contributed by atoms with Gasteiger partial charge in [0.2, 0.25) is 0 Å². The summed E-state index contributed by atoms with van der Waals surface area (Å²) >= 11 is 0. The zero-order chi connectivity index (χ0) is 19.4. The maximum atomic E-state index is 12.8. The van der Waals surface area contributed by atoms with Crippen LogP contribution in [0.1, 0.15) is 72.1 Å². The van der Waals surface area contributed by atoms with Gasteiger partial charge in [0, 0.05) is 25.7 Å². The molecule has 4 nitrogen and oxygen atoms in total. The van der Waals surface area contributed by atoms with Gasteiger partial charge in [-0.1, -0.05) is 25.5 Å². The molecule has 0 aromatic rings. The van der Waals surface area contributed by atoms with Crippen molar-refractivity contribution in [3.05, 3.63) is 11.6 Å². The largest absolute Gasteiger partial charge is 0.458 e. The minimum atomic E-state index is -0.378. The Labute approximate surface area is 162 Å². The number of fused-ring (bicyclic) bond motifs is 5. The lowest BCUT2D eigenvalue weighted by atomic mass is 9.47. The average molecular weight is 373 g/mol. The molecular formula is C23H32O4. The second-order valence-electron chi connectivity index (χ2n) is 9.90. The fourth-order valence-electron chi connectivity index (χ4n) is 7.28. The fraction of sp³-hybridized carbons (Fsp3) is 0.783. The normalized spacial score (nSPS) is 43.2. The zero-order valence-electron chi connectivity index (χ0n) is 16.9. The van der Waals surface area contributed by atoms with Gasteiger partial charge in [-0.05, 0) is 67.1 Å². The Hall–Kier alpha value is -1.45. The summed E-state index contributed by atoms with van der Waals surface area (Å²) in [5.41, 5.74) is 1.60. The third-order valence-electron chi connectivity index (χ3n) is 8.74. The van der Waals surface area contributed by atoms with Gasteiger partial charge in [0.15, 0.2) is 5.78 Å². The minimum Gasteiger partial charge on any atom is -0.458 e. The van der Waals surface area contributed by atoms with E-state index < -0.39 is 0 Å². The Morgan fingerprint density at radius 2 is 1.93 bits per heavy atom. The van der Waals surface area contributed by atoms with E-state index in [0.29, 0.717) is 30.0 Å². The summed E-state index contributed by atoms with van der Waals surface area (Å²) < 4.78 is 5.01. The molecule has 4 rings (SSSR count). The molecule has 6 atom stereocenters. The SMILES string of the molecule is CC(=O)OCC(=O)C1CCC2C3CC=C4CC(=O)CCC4(C)C3CCC12C. The Morgan fingerprint density at radius 1 is 1.15 bits per heavy atom. The van der Waals surface area contributed by atoms with Crippen molar-refractivity contribution in [3.8, 4) is 0 Å². The van der Waals surface area contributed by atoms with Gasteiger partial charge < -0.3 is 4.74 Å². The highest BCUT2D eigenvalue weighted by atomic mass is 16.5. The van der Waals surface area contributed by atoms with Crippen LogP contribution in [0.5, 0.6) is 0 Å². The molecule has 6 unspecified atom stereocenters. The molecule has 0 spiro atoms. The van der Waals surface area contributed by atoms with E-state index in [1.54, 1.807) is 0 Å². The quantitative estimate of drug-likeness (QED) is 0.548. The van der Waals surface area contributed by atoms with Crippen LogP contribution < -0.4 is 0 Å². The average Bonchev–Trinajstić information content (AvgIpc) is 2.97. The lowest BCUT2D eigenvalue weighted by Crippen LogP contribution is -2.51. The second kappa shape index (κ2) is 6.56. The molecule has 0 aromatic heterocycles. The lowest BCUT2D eigenvalue weighted by molar-refractivity contribution is -0.149. The van der Waals surface area contributed by atoms with Crippen molar-refractivity contribution in [3.63, 3.8) is 0 Å². The van der Waals surface area contributed by atoms with Crippen LogP contribution in [0.4, 0.5) is 0 Å². The summed E-state index contributed by atoms with van der Waals surface area (Å²) in [5, 5.41) is 0. The summed E-state index contributed by atoms with van der Waals surface area (Å²) in [7, 11) is 0. The molecular weight excluding hydrogens is 340 g/mol. The van der Waals surface area contributed by atoms with Gasteiger partial charge in [-0.15, -0.1) is 0 Å². The molecule has 0 saturated heterocycles. The highest BCUT2D eigenvalue weighted by Gasteiger charge is 2.59. The van der Waals surface area contributed by atoms with Crippen molar-refractivity contribution in [2.45, 2.75) is 72.1 Å². The Kier molecular flexibility index (Phi) is 4.59. The molecule has 4 aliphatic rings. The molecule has 0 amide bonds. The maximum Gasteiger partial charge on any atom is 0.303 e. The third-order valence-corrected chi connectivity index (χ3v) is 8.74. The number of esters is 1. The van der Waals surface area contributed by atoms with E-state index in [-0.39, 0.29) is 35.1 Å². The first-order chi connectivity index (χ1) is 12.8. The van der Waals surface area contributed by atoms with E-state index in [1.807, 2.05) is 0 Å². The third kappa shape index (κ3) is 2.91. The van der Waals surface area contributed by atoms with E-state index in [9.17, 15) is 14.4 Å². The number of allylic oxidation sites excluding steroid dienone is 2. The summed E-state index contributed by atoms with van der Waals surface area (Å²) in [6.07, 6.45) is 10.1. The number of ether oxygens (including phenoxy) is 1. The molecule has 0 aliphatic heterocycles. The van der Waals surface area contributed by atoms with Crippen LogP contribution in [0.25, 0.3) is 0 Å². The summed E-state index contributed by atoms with van der Waals surface area (Å²) in [5.74, 6) is 1.98. The van der Waals surface area contributed by atoms with Crippen LogP contribution in [0.3, 0.4) is 0 Å². The number of Topliss-reactive ketones (excluding diaryl/α,β-unsaturated/α-hetero) is 2. The smallest absolute Gasteiger partial charge is 0.303 e. The first kappa shape index (κ1) is 18.9. The molecule has 0 N–H and O–H groups in total. The Balaban J connectivity index is 1.56. The minimum absolute atomic E-state index is 0.0221. The van der Waals surface area contributed by atoms with E-state index in [0.717, 1.165) is 44.9 Å². The molecule has 148 valence electrons. The molecule has 0 radical (unpaired) electrons. The van der Waals surface area contributed by atoms with Gasteiger partial charge in [-0.3, -0.25) is 14.4 Å². The zero-order valence-corrected chi connectivity index (χ0v) is 16.9. The summed E-state index contributed by atoms with van der Waals surface area (Å²) in [6.45, 7) is 5.99. The van der Waals surface area contributed by atoms with Crippen LogP contribution in [0.2, 0.25) is 0 Å². The fourth-order valence-corrected chi connectivity index (χ4v) is 7.28. The predicted octanol–water partition coefficient (Wildman–Crippen LogP) is 4.27. The van der Waals surface area contributed by atoms with E-state index >= 15 is 0 Å². The molecule has 3 fully saturated rings. The molecule has 0 bridgehead atoms. The van der Waals surface area contributed by atoms with Crippen LogP contribution in [-0.4, -0.2) is 24.1 Å². The first-order valence-electron chi connectivity index (χ1n) is 10.6. The van der Waals surface area contributed by atoms with Crippen molar-refractivity contribution in [1.82, 2.24) is 0 Å². The Morgan fingerprint density at radius 3 is 2.67 bits per heavy atom. The number of hydrogen-bond acceptors (Lipinski definition) is 4. The van der Waals surface area contributed by atoms with Crippen LogP contribution >= 0.6 is 0 Å². The van der Waals surface area contributed by atoms with Gasteiger partial charge >= 0.3 is 5.97 Å². The summed E-state index contributed by atoms with van der Waals surface area (Å²) in [6, 6.07) is 0. The molecule has 27 heavy (non-hydrogen) atoms. The molecule has 3 saturated carbocycles. The molecule has 4 aliphatic carbocycles. The first-order valence-corrected chi connectivity index (χ1v) is 10.6. The predicted molar refractivity (Wildman–Crippen MR) is 102 cm³/mol. The van der Waals surface area contributed by atoms with E-state index in [4.69, 9.17) is 4.74 Å². The lowest BCUT2D eigenvalue weighted by Gasteiger charge is -2.57. The molecule has 4 heteroatoms. The standard InChI is InChI=1S/C23H32O4/c1-14(24)27-13-21(26)20-7-6-18-17-5-4-15-12-16(25)8-10-22(15,2)19(17)9-11-23(18,20)3/h4,17-20H,5-13H2,1-3H3. The van der Waals surface area contributed by atoms with E-state index in [2.05, 4.69) is 19.9 Å². The van der Waals surface area contributed by atoms with Crippen molar-refractivity contribution >= 4 is 17.5 Å². The number of hydrogen-bond donors (Lipinski definition) is 0. The number of ketones is 2.